The molecule has 1 aliphatic rings. The predicted octanol–water partition coefficient (Wildman–Crippen LogP) is 1.63. The largest absolute Gasteiger partial charge is 0.496 e. The van der Waals surface area contributed by atoms with E-state index in [2.05, 4.69) is 4.72 Å². The number of sulfonamides is 1. The van der Waals surface area contributed by atoms with Gasteiger partial charge < -0.3 is 10.5 Å². The summed E-state index contributed by atoms with van der Waals surface area (Å²) in [5, 5.41) is 0. The summed E-state index contributed by atoms with van der Waals surface area (Å²) >= 11 is 0. The van der Waals surface area contributed by atoms with E-state index in [1.54, 1.807) is 20.1 Å². The van der Waals surface area contributed by atoms with E-state index in [1.165, 1.54) is 6.07 Å². The van der Waals surface area contributed by atoms with Crippen molar-refractivity contribution >= 4 is 15.9 Å². The maximum Gasteiger partial charge on any atom is 0.241 e. The Kier molecular flexibility index (Phi) is 5.31. The summed E-state index contributed by atoms with van der Waals surface area (Å²) < 4.78 is 33.4. The number of carbonyl (C=O) groups excluding carboxylic acids is 1. The van der Waals surface area contributed by atoms with E-state index in [1.807, 2.05) is 6.92 Å². The van der Waals surface area contributed by atoms with Gasteiger partial charge in [-0.1, -0.05) is 12.8 Å². The Morgan fingerprint density at radius 2 is 1.87 bits per heavy atom. The molecule has 2 rings (SSSR count). The molecule has 0 aromatic heterocycles. The number of nitrogens with two attached hydrogens (primary N) is 1. The molecule has 0 unspecified atom stereocenters. The first-order chi connectivity index (χ1) is 10.8. The van der Waals surface area contributed by atoms with Gasteiger partial charge in [0.05, 0.1) is 17.9 Å². The molecule has 0 radical (unpaired) electrons. The highest BCUT2D eigenvalue weighted by atomic mass is 32.2. The van der Waals surface area contributed by atoms with Gasteiger partial charge in [0.2, 0.25) is 15.9 Å². The lowest BCUT2D eigenvalue weighted by atomic mass is 9.85. The van der Waals surface area contributed by atoms with Crippen molar-refractivity contribution in [1.82, 2.24) is 4.72 Å². The molecule has 1 aromatic carbocycles. The third-order valence-corrected chi connectivity index (χ3v) is 6.27. The van der Waals surface area contributed by atoms with Crippen molar-refractivity contribution in [3.8, 4) is 5.75 Å². The number of amides is 1. The zero-order valence-corrected chi connectivity index (χ0v) is 14.6. The second-order valence-corrected chi connectivity index (χ2v) is 7.72. The number of ether oxygens (including phenoxy) is 1. The van der Waals surface area contributed by atoms with Gasteiger partial charge in [-0.05, 0) is 49.9 Å². The monoisotopic (exact) mass is 340 g/mol. The van der Waals surface area contributed by atoms with Gasteiger partial charge in [-0.3, -0.25) is 4.79 Å². The SMILES string of the molecule is COc1ccc(S(=O)(=O)N[C@@H]2CCCC[C@@H]2C(N)=O)c(C)c1C. The Bertz CT molecular complexity index is 700. The number of methoxy groups -OCH3 is 1. The molecular weight excluding hydrogens is 316 g/mol. The minimum absolute atomic E-state index is 0.213. The first-order valence-electron chi connectivity index (χ1n) is 7.73. The van der Waals surface area contributed by atoms with Crippen LogP contribution in [0.1, 0.15) is 36.8 Å². The highest BCUT2D eigenvalue weighted by Gasteiger charge is 2.33. The Labute approximate surface area is 137 Å². The van der Waals surface area contributed by atoms with Crippen LogP contribution < -0.4 is 15.2 Å². The molecule has 128 valence electrons. The van der Waals surface area contributed by atoms with Crippen LogP contribution >= 0.6 is 0 Å². The fourth-order valence-corrected chi connectivity index (χ4v) is 4.77. The van der Waals surface area contributed by atoms with Crippen LogP contribution in [0.5, 0.6) is 5.75 Å². The molecule has 3 N–H and O–H groups in total. The molecule has 1 saturated carbocycles. The third kappa shape index (κ3) is 3.67. The number of nitrogens with one attached hydrogen (secondary N) is 1. The Balaban J connectivity index is 2.32. The molecule has 1 amide bonds. The molecule has 1 aliphatic carbocycles. The quantitative estimate of drug-likeness (QED) is 0.851. The second-order valence-electron chi connectivity index (χ2n) is 6.04. The zero-order chi connectivity index (χ0) is 17.2. The van der Waals surface area contributed by atoms with Gasteiger partial charge in [-0.15, -0.1) is 0 Å². The van der Waals surface area contributed by atoms with Crippen LogP contribution in [0.4, 0.5) is 0 Å². The van der Waals surface area contributed by atoms with Gasteiger partial charge in [0, 0.05) is 6.04 Å². The second kappa shape index (κ2) is 6.88. The number of hydrogen-bond donors (Lipinski definition) is 2. The van der Waals surface area contributed by atoms with Crippen molar-refractivity contribution in [2.45, 2.75) is 50.5 Å². The Morgan fingerprint density at radius 3 is 2.48 bits per heavy atom. The molecule has 0 bridgehead atoms. The number of benzene rings is 1. The van der Waals surface area contributed by atoms with Crippen LogP contribution in [0.2, 0.25) is 0 Å². The summed E-state index contributed by atoms with van der Waals surface area (Å²) in [5.41, 5.74) is 6.84. The van der Waals surface area contributed by atoms with Gasteiger partial charge in [0.25, 0.3) is 0 Å². The summed E-state index contributed by atoms with van der Waals surface area (Å²) in [6, 6.07) is 2.74. The van der Waals surface area contributed by atoms with Crippen LogP contribution in [0.25, 0.3) is 0 Å². The number of rotatable bonds is 5. The average molecular weight is 340 g/mol. The van der Waals surface area contributed by atoms with Gasteiger partial charge in [0.15, 0.2) is 0 Å². The number of primary amides is 1. The van der Waals surface area contributed by atoms with Crippen molar-refractivity contribution in [2.24, 2.45) is 11.7 Å². The Hall–Kier alpha value is -1.60. The lowest BCUT2D eigenvalue weighted by molar-refractivity contribution is -0.123. The number of carbonyl (C=O) groups is 1. The van der Waals surface area contributed by atoms with Crippen molar-refractivity contribution in [1.29, 1.82) is 0 Å². The van der Waals surface area contributed by atoms with E-state index in [-0.39, 0.29) is 4.90 Å². The van der Waals surface area contributed by atoms with Gasteiger partial charge >= 0.3 is 0 Å². The maximum absolute atomic E-state index is 12.7. The molecule has 0 aliphatic heterocycles. The molecule has 2 atom stereocenters. The van der Waals surface area contributed by atoms with Gasteiger partial charge in [-0.2, -0.15) is 0 Å². The lowest BCUT2D eigenvalue weighted by Crippen LogP contribution is -2.47. The van der Waals surface area contributed by atoms with E-state index >= 15 is 0 Å². The molecule has 7 heteroatoms. The molecule has 1 fully saturated rings. The molecule has 23 heavy (non-hydrogen) atoms. The standard InChI is InChI=1S/C16H24N2O4S/c1-10-11(2)15(9-8-14(10)22-3)23(20,21)18-13-7-5-4-6-12(13)16(17)19/h8-9,12-13,18H,4-7H2,1-3H3,(H2,17,19)/t12-,13+/m0/s1. The van der Waals surface area contributed by atoms with Gasteiger partial charge in [-0.25, -0.2) is 13.1 Å². The summed E-state index contributed by atoms with van der Waals surface area (Å²) in [7, 11) is -2.17. The molecular formula is C16H24N2O4S. The van der Waals surface area contributed by atoms with Crippen molar-refractivity contribution in [3.63, 3.8) is 0 Å². The van der Waals surface area contributed by atoms with Crippen molar-refractivity contribution < 1.29 is 17.9 Å². The highest BCUT2D eigenvalue weighted by molar-refractivity contribution is 7.89. The zero-order valence-electron chi connectivity index (χ0n) is 13.8. The maximum atomic E-state index is 12.7. The smallest absolute Gasteiger partial charge is 0.241 e. The van der Waals surface area contributed by atoms with Crippen molar-refractivity contribution in [3.05, 3.63) is 23.3 Å². The molecule has 0 heterocycles. The van der Waals surface area contributed by atoms with E-state index < -0.39 is 27.9 Å². The molecule has 6 nitrogen and oxygen atoms in total. The van der Waals surface area contributed by atoms with Crippen LogP contribution in [-0.2, 0) is 14.8 Å². The summed E-state index contributed by atoms with van der Waals surface area (Å²) in [6.45, 7) is 3.57. The number of hydrogen-bond acceptors (Lipinski definition) is 4. The fourth-order valence-electron chi connectivity index (χ4n) is 3.16. The highest BCUT2D eigenvalue weighted by Crippen LogP contribution is 2.29. The normalized spacial score (nSPS) is 21.9. The lowest BCUT2D eigenvalue weighted by Gasteiger charge is -2.30. The topological polar surface area (TPSA) is 98.5 Å². The van der Waals surface area contributed by atoms with Gasteiger partial charge in [0.1, 0.15) is 5.75 Å². The first kappa shape index (κ1) is 17.7. The van der Waals surface area contributed by atoms with Crippen LogP contribution in [0.3, 0.4) is 0 Å². The molecule has 0 spiro atoms. The molecule has 0 saturated heterocycles. The minimum Gasteiger partial charge on any atom is -0.496 e. The van der Waals surface area contributed by atoms with Crippen LogP contribution in [0.15, 0.2) is 17.0 Å². The van der Waals surface area contributed by atoms with Crippen LogP contribution in [-0.4, -0.2) is 27.5 Å². The van der Waals surface area contributed by atoms with E-state index in [0.29, 0.717) is 24.2 Å². The van der Waals surface area contributed by atoms with E-state index in [4.69, 9.17) is 10.5 Å². The summed E-state index contributed by atoms with van der Waals surface area (Å²) in [5.74, 6) is -0.243. The summed E-state index contributed by atoms with van der Waals surface area (Å²) in [6.07, 6.45) is 3.04. The predicted molar refractivity (Wildman–Crippen MR) is 87.7 cm³/mol. The average Bonchev–Trinajstić information content (AvgIpc) is 2.49. The van der Waals surface area contributed by atoms with E-state index in [0.717, 1.165) is 18.4 Å². The third-order valence-electron chi connectivity index (χ3n) is 4.64. The Morgan fingerprint density at radius 1 is 1.22 bits per heavy atom. The van der Waals surface area contributed by atoms with Crippen molar-refractivity contribution in [2.75, 3.05) is 7.11 Å². The minimum atomic E-state index is -3.72. The summed E-state index contributed by atoms with van der Waals surface area (Å²) in [4.78, 5) is 11.8. The van der Waals surface area contributed by atoms with Crippen LogP contribution in [0, 0.1) is 19.8 Å². The first-order valence-corrected chi connectivity index (χ1v) is 9.22. The molecule has 1 aromatic rings. The van der Waals surface area contributed by atoms with E-state index in [9.17, 15) is 13.2 Å². The fraction of sp³-hybridized carbons (Fsp3) is 0.562.